The number of hydrogen-bond donors (Lipinski definition) is 1. The fraction of sp³-hybridized carbons (Fsp3) is 0.0870. The van der Waals surface area contributed by atoms with E-state index in [1.807, 2.05) is 0 Å². The first kappa shape index (κ1) is 20.4. The monoisotopic (exact) mass is 435 g/mol. The highest BCUT2D eigenvalue weighted by atomic mass is 35.5. The second-order valence-corrected chi connectivity index (χ2v) is 7.05. The number of fused-ring (bicyclic) bond motifs is 1. The number of hydrogen-bond acceptors (Lipinski definition) is 5. The van der Waals surface area contributed by atoms with E-state index in [9.17, 15) is 9.59 Å². The predicted octanol–water partition coefficient (Wildman–Crippen LogP) is 4.31. The smallest absolute Gasteiger partial charge is 0.279 e. The normalized spacial score (nSPS) is 10.7. The van der Waals surface area contributed by atoms with Crippen LogP contribution in [0.15, 0.2) is 71.5 Å². The molecule has 31 heavy (non-hydrogen) atoms. The number of benzene rings is 3. The van der Waals surface area contributed by atoms with Crippen molar-refractivity contribution in [3.63, 3.8) is 0 Å². The standard InChI is InChI=1S/C23H18ClN3O4/c1-30-16-10-11-19(20(13-16)31-2)27-23(29)18-9-4-3-8-17(18)21(26-27)22(28)25-15-7-5-6-14(24)12-15/h3-13H,1-2H3,(H,25,28). The lowest BCUT2D eigenvalue weighted by molar-refractivity contribution is 0.102. The van der Waals surface area contributed by atoms with E-state index >= 15 is 0 Å². The molecule has 0 saturated heterocycles. The maximum absolute atomic E-state index is 13.2. The van der Waals surface area contributed by atoms with E-state index in [4.69, 9.17) is 21.1 Å². The molecular formula is C23H18ClN3O4. The molecule has 0 aliphatic carbocycles. The van der Waals surface area contributed by atoms with Crippen molar-refractivity contribution in [3.05, 3.63) is 87.8 Å². The Bertz CT molecular complexity index is 1350. The Hall–Kier alpha value is -3.84. The summed E-state index contributed by atoms with van der Waals surface area (Å²) in [5.74, 6) is 0.471. The molecule has 4 aromatic rings. The molecule has 156 valence electrons. The summed E-state index contributed by atoms with van der Waals surface area (Å²) < 4.78 is 11.8. The van der Waals surface area contributed by atoms with Gasteiger partial charge in [-0.1, -0.05) is 35.9 Å². The second kappa shape index (κ2) is 8.49. The van der Waals surface area contributed by atoms with Gasteiger partial charge in [0.15, 0.2) is 5.69 Å². The summed E-state index contributed by atoms with van der Waals surface area (Å²) in [4.78, 5) is 26.3. The van der Waals surface area contributed by atoms with Crippen molar-refractivity contribution in [2.45, 2.75) is 0 Å². The van der Waals surface area contributed by atoms with E-state index in [0.717, 1.165) is 4.68 Å². The molecule has 0 saturated carbocycles. The number of amides is 1. The number of aromatic nitrogens is 2. The molecule has 0 atom stereocenters. The van der Waals surface area contributed by atoms with E-state index in [1.54, 1.807) is 66.7 Å². The van der Waals surface area contributed by atoms with Crippen LogP contribution in [0.3, 0.4) is 0 Å². The summed E-state index contributed by atoms with van der Waals surface area (Å²) in [5, 5.41) is 8.46. The molecule has 0 aliphatic heterocycles. The molecule has 0 spiro atoms. The summed E-state index contributed by atoms with van der Waals surface area (Å²) >= 11 is 6.02. The first-order valence-electron chi connectivity index (χ1n) is 9.33. The van der Waals surface area contributed by atoms with Gasteiger partial charge >= 0.3 is 0 Å². The average molecular weight is 436 g/mol. The summed E-state index contributed by atoms with van der Waals surface area (Å²) in [7, 11) is 3.02. The maximum atomic E-state index is 13.2. The van der Waals surface area contributed by atoms with Crippen molar-refractivity contribution >= 4 is 34.0 Å². The van der Waals surface area contributed by atoms with Gasteiger partial charge in [0.05, 0.1) is 19.6 Å². The molecule has 8 heteroatoms. The zero-order chi connectivity index (χ0) is 22.0. The molecule has 1 aromatic heterocycles. The Balaban J connectivity index is 1.90. The minimum atomic E-state index is -0.473. The van der Waals surface area contributed by atoms with Gasteiger partial charge in [0.1, 0.15) is 17.2 Å². The minimum absolute atomic E-state index is 0.0908. The molecule has 0 radical (unpaired) electrons. The lowest BCUT2D eigenvalue weighted by Crippen LogP contribution is -2.26. The molecule has 1 N–H and O–H groups in total. The molecular weight excluding hydrogens is 418 g/mol. The maximum Gasteiger partial charge on any atom is 0.279 e. The van der Waals surface area contributed by atoms with Crippen LogP contribution < -0.4 is 20.3 Å². The zero-order valence-electron chi connectivity index (χ0n) is 16.8. The van der Waals surface area contributed by atoms with Gasteiger partial charge in [-0.25, -0.2) is 0 Å². The van der Waals surface area contributed by atoms with Gasteiger partial charge in [-0.2, -0.15) is 9.78 Å². The van der Waals surface area contributed by atoms with Crippen LogP contribution in [0.1, 0.15) is 10.5 Å². The van der Waals surface area contributed by atoms with Gasteiger partial charge in [0.25, 0.3) is 11.5 Å². The highest BCUT2D eigenvalue weighted by Crippen LogP contribution is 2.27. The molecule has 1 amide bonds. The van der Waals surface area contributed by atoms with Crippen molar-refractivity contribution in [2.75, 3.05) is 19.5 Å². The molecule has 0 bridgehead atoms. The van der Waals surface area contributed by atoms with Gasteiger partial charge in [-0.15, -0.1) is 0 Å². The quantitative estimate of drug-likeness (QED) is 0.505. The van der Waals surface area contributed by atoms with Crippen molar-refractivity contribution in [1.82, 2.24) is 9.78 Å². The first-order chi connectivity index (χ1) is 15.0. The topological polar surface area (TPSA) is 82.5 Å². The van der Waals surface area contributed by atoms with E-state index in [0.29, 0.717) is 38.7 Å². The van der Waals surface area contributed by atoms with Crippen molar-refractivity contribution in [2.24, 2.45) is 0 Å². The molecule has 1 heterocycles. The van der Waals surface area contributed by atoms with Crippen LogP contribution >= 0.6 is 11.6 Å². The third kappa shape index (κ3) is 3.95. The van der Waals surface area contributed by atoms with E-state index < -0.39 is 5.91 Å². The average Bonchev–Trinajstić information content (AvgIpc) is 2.79. The molecule has 0 unspecified atom stereocenters. The summed E-state index contributed by atoms with van der Waals surface area (Å²) in [6.07, 6.45) is 0. The number of carbonyl (C=O) groups is 1. The van der Waals surface area contributed by atoms with Crippen LogP contribution in [0.25, 0.3) is 16.5 Å². The van der Waals surface area contributed by atoms with Crippen molar-refractivity contribution in [3.8, 4) is 17.2 Å². The minimum Gasteiger partial charge on any atom is -0.497 e. The zero-order valence-corrected chi connectivity index (χ0v) is 17.5. The van der Waals surface area contributed by atoms with Gasteiger partial charge in [-0.3, -0.25) is 9.59 Å². The highest BCUT2D eigenvalue weighted by Gasteiger charge is 2.19. The van der Waals surface area contributed by atoms with Crippen LogP contribution in [0.2, 0.25) is 5.02 Å². The first-order valence-corrected chi connectivity index (χ1v) is 9.71. The van der Waals surface area contributed by atoms with Crippen LogP contribution in [-0.4, -0.2) is 29.9 Å². The lowest BCUT2D eigenvalue weighted by atomic mass is 10.1. The number of nitrogens with zero attached hydrogens (tertiary/aromatic N) is 2. The summed E-state index contributed by atoms with van der Waals surface area (Å²) in [5.41, 5.74) is 0.616. The Morgan fingerprint density at radius 3 is 2.45 bits per heavy atom. The number of halogens is 1. The van der Waals surface area contributed by atoms with Crippen LogP contribution in [0, 0.1) is 0 Å². The largest absolute Gasteiger partial charge is 0.497 e. The van der Waals surface area contributed by atoms with Crippen LogP contribution in [0.5, 0.6) is 11.5 Å². The Morgan fingerprint density at radius 2 is 1.74 bits per heavy atom. The third-order valence-electron chi connectivity index (χ3n) is 4.72. The second-order valence-electron chi connectivity index (χ2n) is 6.61. The summed E-state index contributed by atoms with van der Waals surface area (Å²) in [6, 6.07) is 18.6. The van der Waals surface area contributed by atoms with Gasteiger partial charge in [-0.05, 0) is 36.4 Å². The van der Waals surface area contributed by atoms with Crippen molar-refractivity contribution < 1.29 is 14.3 Å². The van der Waals surface area contributed by atoms with Gasteiger partial charge in [0.2, 0.25) is 0 Å². The Labute approximate surface area is 182 Å². The molecule has 7 nitrogen and oxygen atoms in total. The number of nitrogens with one attached hydrogen (secondary N) is 1. The molecule has 4 rings (SSSR count). The summed E-state index contributed by atoms with van der Waals surface area (Å²) in [6.45, 7) is 0. The fourth-order valence-electron chi connectivity index (χ4n) is 3.24. The Morgan fingerprint density at radius 1 is 0.968 bits per heavy atom. The Kier molecular flexibility index (Phi) is 5.60. The lowest BCUT2D eigenvalue weighted by Gasteiger charge is -2.14. The number of anilines is 1. The SMILES string of the molecule is COc1ccc(-n2nc(C(=O)Nc3cccc(Cl)c3)c3ccccc3c2=O)c(OC)c1. The third-order valence-corrected chi connectivity index (χ3v) is 4.95. The van der Waals surface area contributed by atoms with Gasteiger partial charge < -0.3 is 14.8 Å². The van der Waals surface area contributed by atoms with Gasteiger partial charge in [0, 0.05) is 22.2 Å². The number of rotatable bonds is 5. The fourth-order valence-corrected chi connectivity index (χ4v) is 3.43. The number of ether oxygens (including phenoxy) is 2. The van der Waals surface area contributed by atoms with E-state index in [-0.39, 0.29) is 11.3 Å². The van der Waals surface area contributed by atoms with Crippen molar-refractivity contribution in [1.29, 1.82) is 0 Å². The molecule has 0 fully saturated rings. The van der Waals surface area contributed by atoms with E-state index in [2.05, 4.69) is 10.4 Å². The highest BCUT2D eigenvalue weighted by molar-refractivity contribution is 6.31. The number of methoxy groups -OCH3 is 2. The van der Waals surface area contributed by atoms with Crippen LogP contribution in [0.4, 0.5) is 5.69 Å². The predicted molar refractivity (Wildman–Crippen MR) is 120 cm³/mol. The van der Waals surface area contributed by atoms with Crippen LogP contribution in [-0.2, 0) is 0 Å². The van der Waals surface area contributed by atoms with E-state index in [1.165, 1.54) is 14.2 Å². The number of carbonyl (C=O) groups excluding carboxylic acids is 1. The molecule has 3 aromatic carbocycles. The molecule has 0 aliphatic rings.